The summed E-state index contributed by atoms with van der Waals surface area (Å²) < 4.78 is 25.2. The van der Waals surface area contributed by atoms with Gasteiger partial charge in [0.15, 0.2) is 0 Å². The normalized spacial score (nSPS) is 10.7. The molecule has 2 rings (SSSR count). The minimum Gasteiger partial charge on any atom is -0.214 e. The van der Waals surface area contributed by atoms with Crippen molar-refractivity contribution < 1.29 is 8.78 Å². The van der Waals surface area contributed by atoms with Crippen LogP contribution in [0, 0.1) is 11.9 Å². The lowest BCUT2D eigenvalue weighted by atomic mass is 10.3. The molecular weight excluding hydrogens is 198 g/mol. The summed E-state index contributed by atoms with van der Waals surface area (Å²) >= 11 is 5.63. The van der Waals surface area contributed by atoms with Gasteiger partial charge in [0.2, 0.25) is 0 Å². The van der Waals surface area contributed by atoms with Gasteiger partial charge in [-0.25, -0.2) is 9.97 Å². The Balaban J connectivity index is 2.81. The van der Waals surface area contributed by atoms with E-state index in [1.54, 1.807) is 0 Å². The highest BCUT2D eigenvalue weighted by Crippen LogP contribution is 2.16. The molecule has 1 aromatic heterocycles. The van der Waals surface area contributed by atoms with Gasteiger partial charge in [0.05, 0.1) is 11.0 Å². The van der Waals surface area contributed by atoms with Crippen molar-refractivity contribution >= 4 is 22.6 Å². The van der Waals surface area contributed by atoms with E-state index in [4.69, 9.17) is 11.6 Å². The third kappa shape index (κ3) is 1.45. The first-order valence-electron chi connectivity index (χ1n) is 3.45. The lowest BCUT2D eigenvalue weighted by molar-refractivity contribution is 0.459. The molecule has 66 valence electrons. The van der Waals surface area contributed by atoms with Gasteiger partial charge >= 0.3 is 0 Å². The third-order valence-corrected chi connectivity index (χ3v) is 1.78. The number of rotatable bonds is 0. The first-order chi connectivity index (χ1) is 6.16. The van der Waals surface area contributed by atoms with Gasteiger partial charge in [0, 0.05) is 5.02 Å². The van der Waals surface area contributed by atoms with Crippen LogP contribution in [0.4, 0.5) is 8.78 Å². The summed E-state index contributed by atoms with van der Waals surface area (Å²) in [5, 5.41) is 0.410. The number of hydrogen-bond acceptors (Lipinski definition) is 2. The molecule has 0 spiro atoms. The van der Waals surface area contributed by atoms with Gasteiger partial charge in [-0.3, -0.25) is 0 Å². The van der Waals surface area contributed by atoms with Crippen LogP contribution in [0.1, 0.15) is 0 Å². The van der Waals surface area contributed by atoms with Crippen LogP contribution in [-0.2, 0) is 0 Å². The minimum atomic E-state index is -1.21. The second kappa shape index (κ2) is 2.88. The van der Waals surface area contributed by atoms with Crippen LogP contribution in [0.2, 0.25) is 5.02 Å². The van der Waals surface area contributed by atoms with E-state index < -0.39 is 11.9 Å². The molecule has 0 N–H and O–H groups in total. The number of hydrogen-bond donors (Lipinski definition) is 0. The van der Waals surface area contributed by atoms with Crippen LogP contribution < -0.4 is 0 Å². The minimum absolute atomic E-state index is 0.242. The highest BCUT2D eigenvalue weighted by Gasteiger charge is 2.06. The van der Waals surface area contributed by atoms with E-state index in [2.05, 4.69) is 9.97 Å². The van der Waals surface area contributed by atoms with E-state index in [-0.39, 0.29) is 11.0 Å². The molecule has 0 unspecified atom stereocenters. The molecule has 0 amide bonds. The molecule has 0 aliphatic rings. The lowest BCUT2D eigenvalue weighted by Crippen LogP contribution is -1.94. The van der Waals surface area contributed by atoms with Crippen molar-refractivity contribution in [3.8, 4) is 0 Å². The Kier molecular flexibility index (Phi) is 1.84. The van der Waals surface area contributed by atoms with Crippen LogP contribution in [0.15, 0.2) is 18.2 Å². The maximum atomic E-state index is 12.6. The van der Waals surface area contributed by atoms with Crippen molar-refractivity contribution in [1.82, 2.24) is 9.97 Å². The van der Waals surface area contributed by atoms with Crippen LogP contribution in [0.5, 0.6) is 0 Å². The Bertz CT molecular complexity index is 473. The predicted molar refractivity (Wildman–Crippen MR) is 44.5 cm³/mol. The SMILES string of the molecule is Fc1nc2ccc(Cl)cc2nc1F. The Hall–Kier alpha value is -1.29. The van der Waals surface area contributed by atoms with Crippen LogP contribution in [0.3, 0.4) is 0 Å². The molecule has 0 radical (unpaired) electrons. The number of fused-ring (bicyclic) bond motifs is 1. The van der Waals surface area contributed by atoms with Crippen molar-refractivity contribution in [2.45, 2.75) is 0 Å². The molecular formula is C8H3ClF2N2. The first-order valence-corrected chi connectivity index (χ1v) is 3.83. The van der Waals surface area contributed by atoms with E-state index in [0.29, 0.717) is 5.02 Å². The van der Waals surface area contributed by atoms with E-state index in [0.717, 1.165) is 0 Å². The van der Waals surface area contributed by atoms with Gasteiger partial charge in [-0.05, 0) is 18.2 Å². The monoisotopic (exact) mass is 200 g/mol. The van der Waals surface area contributed by atoms with Gasteiger partial charge in [0.1, 0.15) is 0 Å². The topological polar surface area (TPSA) is 25.8 Å². The summed E-state index contributed by atoms with van der Waals surface area (Å²) in [5.41, 5.74) is 0.523. The maximum absolute atomic E-state index is 12.6. The number of benzene rings is 1. The molecule has 0 aliphatic heterocycles. The molecule has 0 fully saturated rings. The highest BCUT2D eigenvalue weighted by atomic mass is 35.5. The summed E-state index contributed by atoms with van der Waals surface area (Å²) in [6, 6.07) is 4.44. The maximum Gasteiger partial charge on any atom is 0.269 e. The largest absolute Gasteiger partial charge is 0.269 e. The van der Waals surface area contributed by atoms with Crippen molar-refractivity contribution in [3.63, 3.8) is 0 Å². The Morgan fingerprint density at radius 3 is 2.31 bits per heavy atom. The van der Waals surface area contributed by atoms with Crippen molar-refractivity contribution in [3.05, 3.63) is 35.1 Å². The van der Waals surface area contributed by atoms with E-state index >= 15 is 0 Å². The molecule has 13 heavy (non-hydrogen) atoms. The van der Waals surface area contributed by atoms with Crippen molar-refractivity contribution in [2.75, 3.05) is 0 Å². The Morgan fingerprint density at radius 1 is 1.00 bits per heavy atom. The number of halogens is 3. The van der Waals surface area contributed by atoms with E-state index in [9.17, 15) is 8.78 Å². The average molecular weight is 201 g/mol. The van der Waals surface area contributed by atoms with Crippen LogP contribution >= 0.6 is 11.6 Å². The molecule has 0 saturated heterocycles. The zero-order valence-electron chi connectivity index (χ0n) is 6.26. The summed E-state index contributed by atoms with van der Waals surface area (Å²) in [7, 11) is 0. The molecule has 2 nitrogen and oxygen atoms in total. The van der Waals surface area contributed by atoms with Gasteiger partial charge < -0.3 is 0 Å². The molecule has 0 bridgehead atoms. The summed E-state index contributed by atoms with van der Waals surface area (Å²) in [4.78, 5) is 6.70. The van der Waals surface area contributed by atoms with Crippen molar-refractivity contribution in [1.29, 1.82) is 0 Å². The first kappa shape index (κ1) is 8.31. The second-order valence-electron chi connectivity index (χ2n) is 2.44. The Labute approximate surface area is 77.2 Å². The molecule has 0 aliphatic carbocycles. The smallest absolute Gasteiger partial charge is 0.214 e. The van der Waals surface area contributed by atoms with Crippen molar-refractivity contribution in [2.24, 2.45) is 0 Å². The second-order valence-corrected chi connectivity index (χ2v) is 2.87. The quantitative estimate of drug-likeness (QED) is 0.653. The Morgan fingerprint density at radius 2 is 1.62 bits per heavy atom. The zero-order chi connectivity index (χ0) is 9.42. The average Bonchev–Trinajstić information content (AvgIpc) is 2.08. The zero-order valence-corrected chi connectivity index (χ0v) is 7.02. The fraction of sp³-hybridized carbons (Fsp3) is 0. The third-order valence-electron chi connectivity index (χ3n) is 1.54. The van der Waals surface area contributed by atoms with E-state index in [1.165, 1.54) is 18.2 Å². The lowest BCUT2D eigenvalue weighted by Gasteiger charge is -1.97. The highest BCUT2D eigenvalue weighted by molar-refractivity contribution is 6.31. The summed E-state index contributed by atoms with van der Waals surface area (Å²) in [5.74, 6) is -2.41. The summed E-state index contributed by atoms with van der Waals surface area (Å²) in [6.45, 7) is 0. The number of aromatic nitrogens is 2. The molecule has 0 saturated carbocycles. The van der Waals surface area contributed by atoms with Gasteiger partial charge in [0.25, 0.3) is 11.9 Å². The van der Waals surface area contributed by atoms with E-state index in [1.807, 2.05) is 0 Å². The molecule has 5 heteroatoms. The standard InChI is InChI=1S/C8H3ClF2N2/c9-4-1-2-5-6(3-4)13-8(11)7(10)12-5/h1-3H. The van der Waals surface area contributed by atoms with Gasteiger partial charge in [-0.15, -0.1) is 0 Å². The molecule has 1 aromatic carbocycles. The molecule has 0 atom stereocenters. The van der Waals surface area contributed by atoms with Crippen LogP contribution in [0.25, 0.3) is 11.0 Å². The van der Waals surface area contributed by atoms with Crippen LogP contribution in [-0.4, -0.2) is 9.97 Å². The molecule has 2 aromatic rings. The number of nitrogens with zero attached hydrogens (tertiary/aromatic N) is 2. The molecule has 1 heterocycles. The fourth-order valence-electron chi connectivity index (χ4n) is 0.984. The van der Waals surface area contributed by atoms with Gasteiger partial charge in [-0.2, -0.15) is 8.78 Å². The predicted octanol–water partition coefficient (Wildman–Crippen LogP) is 2.56. The fourth-order valence-corrected chi connectivity index (χ4v) is 1.15. The van der Waals surface area contributed by atoms with Gasteiger partial charge in [-0.1, -0.05) is 11.6 Å². The summed E-state index contributed by atoms with van der Waals surface area (Å²) in [6.07, 6.45) is 0.